The van der Waals surface area contributed by atoms with Crippen molar-refractivity contribution in [2.45, 2.75) is 120 Å². The van der Waals surface area contributed by atoms with E-state index < -0.39 is 0 Å². The molecular weight excluding hydrogens is 547 g/mol. The Morgan fingerprint density at radius 2 is 1.24 bits per heavy atom. The molecule has 0 spiro atoms. The van der Waals surface area contributed by atoms with Gasteiger partial charge in [0.15, 0.2) is 0 Å². The van der Waals surface area contributed by atoms with E-state index in [0.29, 0.717) is 0 Å². The van der Waals surface area contributed by atoms with E-state index in [1.165, 1.54) is 84.9 Å². The predicted octanol–water partition coefficient (Wildman–Crippen LogP) is 8.76. The molecule has 3 aliphatic carbocycles. The number of fused-ring (bicyclic) bond motifs is 15. The summed E-state index contributed by atoms with van der Waals surface area (Å²) in [5.74, 6) is 0. The Hall–Kier alpha value is -3.40. The highest BCUT2D eigenvalue weighted by Crippen LogP contribution is 2.70. The van der Waals surface area contributed by atoms with Crippen LogP contribution in [0, 0.1) is 0 Å². The molecule has 0 bridgehead atoms. The molecule has 0 amide bonds. The Labute approximate surface area is 267 Å². The molecule has 2 saturated carbocycles. The molecule has 3 nitrogen and oxygen atoms in total. The maximum atomic E-state index is 7.22. The first-order valence-corrected chi connectivity index (χ1v) is 17.8. The van der Waals surface area contributed by atoms with Crippen molar-refractivity contribution in [3.8, 4) is 0 Å². The fraction of sp³-hybridized carbons (Fsp3) is 0.463. The number of benzene rings is 3. The zero-order valence-corrected chi connectivity index (χ0v) is 27.7. The Kier molecular flexibility index (Phi) is 4.25. The second-order valence-corrected chi connectivity index (χ2v) is 17.1. The summed E-state index contributed by atoms with van der Waals surface area (Å²) in [6.07, 6.45) is 10.2. The van der Waals surface area contributed by atoms with Crippen LogP contribution in [0.3, 0.4) is 0 Å². The first-order valence-electron chi connectivity index (χ1n) is 17.8. The van der Waals surface area contributed by atoms with Crippen molar-refractivity contribution in [3.63, 3.8) is 0 Å². The Bertz CT molecular complexity index is 2100. The van der Waals surface area contributed by atoms with Crippen molar-refractivity contribution in [2.75, 3.05) is 9.80 Å². The topological polar surface area (TPSA) is 19.6 Å². The monoisotopic (exact) mass is 590 g/mol. The smallest absolute Gasteiger partial charge is 0.294 e. The normalized spacial score (nSPS) is 34.0. The van der Waals surface area contributed by atoms with Gasteiger partial charge in [0.2, 0.25) is 0 Å². The van der Waals surface area contributed by atoms with Gasteiger partial charge in [-0.05, 0) is 73.8 Å². The second-order valence-electron chi connectivity index (χ2n) is 17.1. The molecule has 0 radical (unpaired) electrons. The van der Waals surface area contributed by atoms with Gasteiger partial charge in [-0.2, -0.15) is 0 Å². The minimum Gasteiger partial charge on any atom is -0.468 e. The summed E-state index contributed by atoms with van der Waals surface area (Å²) in [4.78, 5) is 5.80. The lowest BCUT2D eigenvalue weighted by Crippen LogP contribution is -2.63. The first-order chi connectivity index (χ1) is 21.6. The average Bonchev–Trinajstić information content (AvgIpc) is 3.65. The van der Waals surface area contributed by atoms with Crippen molar-refractivity contribution in [1.29, 1.82) is 0 Å². The van der Waals surface area contributed by atoms with Crippen LogP contribution in [0.15, 0.2) is 64.5 Å². The molecule has 4 aliphatic heterocycles. The molecule has 226 valence electrons. The minimum absolute atomic E-state index is 0.00988. The van der Waals surface area contributed by atoms with Crippen molar-refractivity contribution >= 4 is 51.6 Å². The van der Waals surface area contributed by atoms with E-state index in [1.807, 2.05) is 0 Å². The molecule has 4 heteroatoms. The number of nitrogens with zero attached hydrogens (tertiary/aromatic N) is 2. The summed E-state index contributed by atoms with van der Waals surface area (Å²) in [6, 6.07) is 21.0. The van der Waals surface area contributed by atoms with E-state index in [1.54, 1.807) is 33.4 Å². The number of furan rings is 1. The number of hydrogen-bond acceptors (Lipinski definition) is 3. The van der Waals surface area contributed by atoms with Gasteiger partial charge in [-0.3, -0.25) is 0 Å². The third-order valence-electron chi connectivity index (χ3n) is 15.2. The van der Waals surface area contributed by atoms with E-state index in [-0.39, 0.29) is 34.0 Å². The number of anilines is 3. The lowest BCUT2D eigenvalue weighted by molar-refractivity contribution is 0.190. The van der Waals surface area contributed by atoms with Gasteiger partial charge in [0.05, 0.1) is 22.4 Å². The van der Waals surface area contributed by atoms with E-state index >= 15 is 0 Å². The Balaban J connectivity index is 1.37. The molecule has 7 aliphatic rings. The third-order valence-corrected chi connectivity index (χ3v) is 15.2. The number of hydrogen-bond donors (Lipinski definition) is 0. The largest absolute Gasteiger partial charge is 0.468 e. The first kappa shape index (κ1) is 25.8. The van der Waals surface area contributed by atoms with Crippen LogP contribution in [0.5, 0.6) is 0 Å². The predicted molar refractivity (Wildman–Crippen MR) is 187 cm³/mol. The molecule has 0 N–H and O–H groups in total. The summed E-state index contributed by atoms with van der Waals surface area (Å²) in [6.45, 7) is 15.6. The van der Waals surface area contributed by atoms with E-state index in [4.69, 9.17) is 4.42 Å². The van der Waals surface area contributed by atoms with Crippen LogP contribution in [0.1, 0.15) is 115 Å². The molecule has 11 rings (SSSR count). The van der Waals surface area contributed by atoms with Gasteiger partial charge in [-0.15, -0.1) is 0 Å². The summed E-state index contributed by atoms with van der Waals surface area (Å²) < 4.78 is 7.22. The standard InChI is InChI=1S/C41H43BN2O/c1-37(2)26-17-9-7-15-24(26)31-35(37)42-30-33-27(38(3)19-11-13-21-40(38,5)43(31)33)23-28-34(30)44(41(6)22-14-12-20-39(28,41)4)32-25-16-8-10-18-29(25)45-36(32)42/h7-10,15-18,23H,11-14,19-22H2,1-6H3. The Morgan fingerprint density at radius 3 is 1.98 bits per heavy atom. The maximum Gasteiger partial charge on any atom is 0.294 e. The van der Waals surface area contributed by atoms with Crippen LogP contribution in [0.4, 0.5) is 17.1 Å². The van der Waals surface area contributed by atoms with Gasteiger partial charge in [0.25, 0.3) is 6.71 Å². The fourth-order valence-corrected chi connectivity index (χ4v) is 12.5. The second kappa shape index (κ2) is 7.43. The van der Waals surface area contributed by atoms with Gasteiger partial charge in [-0.25, -0.2) is 0 Å². The van der Waals surface area contributed by atoms with Crippen molar-refractivity contribution < 1.29 is 4.42 Å². The lowest BCUT2D eigenvalue weighted by Gasteiger charge is -2.54. The van der Waals surface area contributed by atoms with Crippen LogP contribution in [-0.2, 0) is 16.2 Å². The SMILES string of the molecule is CC1(C)C2=C(c3ccccc31)N1c3c(cc4c5c3B2c2oc3ccccc3c2N5C2(C)CCCCC42C)C2(C)CCCCC12C. The highest BCUT2D eigenvalue weighted by molar-refractivity contribution is 6.96. The van der Waals surface area contributed by atoms with Crippen LogP contribution in [-0.4, -0.2) is 17.8 Å². The number of para-hydroxylation sites is 1. The van der Waals surface area contributed by atoms with Gasteiger partial charge in [-0.1, -0.05) is 101 Å². The zero-order chi connectivity index (χ0) is 30.5. The molecule has 2 fully saturated rings. The molecule has 4 unspecified atom stereocenters. The molecular formula is C41H43BN2O. The van der Waals surface area contributed by atoms with Gasteiger partial charge < -0.3 is 14.2 Å². The molecule has 4 aromatic rings. The third kappa shape index (κ3) is 2.41. The number of allylic oxidation sites excluding steroid dienone is 1. The van der Waals surface area contributed by atoms with Crippen LogP contribution >= 0.6 is 0 Å². The molecule has 1 aromatic heterocycles. The molecule has 0 saturated heterocycles. The maximum absolute atomic E-state index is 7.22. The van der Waals surface area contributed by atoms with E-state index in [0.717, 1.165) is 5.58 Å². The highest BCUT2D eigenvalue weighted by Gasteiger charge is 2.69. The van der Waals surface area contributed by atoms with Gasteiger partial charge >= 0.3 is 0 Å². The zero-order valence-electron chi connectivity index (χ0n) is 27.7. The van der Waals surface area contributed by atoms with Crippen molar-refractivity contribution in [1.82, 2.24) is 0 Å². The van der Waals surface area contributed by atoms with Gasteiger partial charge in [0.1, 0.15) is 5.58 Å². The average molecular weight is 591 g/mol. The summed E-state index contributed by atoms with van der Waals surface area (Å²) in [7, 11) is 0. The highest BCUT2D eigenvalue weighted by atomic mass is 16.3. The summed E-state index contributed by atoms with van der Waals surface area (Å²) >= 11 is 0. The molecule has 45 heavy (non-hydrogen) atoms. The quantitative estimate of drug-likeness (QED) is 0.191. The molecule has 3 aromatic carbocycles. The van der Waals surface area contributed by atoms with Crippen molar-refractivity contribution in [3.05, 3.63) is 82.3 Å². The van der Waals surface area contributed by atoms with Gasteiger partial charge in [0, 0.05) is 44.3 Å². The lowest BCUT2D eigenvalue weighted by atomic mass is 9.32. The minimum atomic E-state index is -0.112. The Morgan fingerprint density at radius 1 is 0.644 bits per heavy atom. The number of rotatable bonds is 0. The fourth-order valence-electron chi connectivity index (χ4n) is 12.5. The van der Waals surface area contributed by atoms with Crippen molar-refractivity contribution in [2.24, 2.45) is 0 Å². The van der Waals surface area contributed by atoms with Crippen LogP contribution < -0.4 is 20.9 Å². The summed E-state index contributed by atoms with van der Waals surface area (Å²) in [5.41, 5.74) is 17.6. The van der Waals surface area contributed by atoms with Crippen LogP contribution in [0.2, 0.25) is 0 Å². The van der Waals surface area contributed by atoms with Crippen LogP contribution in [0.25, 0.3) is 16.7 Å². The molecule has 4 atom stereocenters. The van der Waals surface area contributed by atoms with E-state index in [2.05, 4.69) is 106 Å². The van der Waals surface area contributed by atoms with E-state index in [9.17, 15) is 0 Å². The molecule has 5 heterocycles. The summed E-state index contributed by atoms with van der Waals surface area (Å²) in [5, 5.41) is 1.28.